The summed E-state index contributed by atoms with van der Waals surface area (Å²) in [7, 11) is 0. The molecular weight excluding hydrogens is 190 g/mol. The van der Waals surface area contributed by atoms with Gasteiger partial charge in [0.15, 0.2) is 0 Å². The number of H-pyrrole nitrogens is 1. The minimum atomic E-state index is 0.0616. The van der Waals surface area contributed by atoms with Crippen LogP contribution in [0.1, 0.15) is 18.9 Å². The Morgan fingerprint density at radius 3 is 3.20 bits per heavy atom. The van der Waals surface area contributed by atoms with Gasteiger partial charge in [-0.3, -0.25) is 9.89 Å². The van der Waals surface area contributed by atoms with Crippen LogP contribution in [0.3, 0.4) is 0 Å². The van der Waals surface area contributed by atoms with Crippen molar-refractivity contribution in [3.8, 4) is 0 Å². The molecule has 0 bridgehead atoms. The van der Waals surface area contributed by atoms with Crippen LogP contribution in [0.15, 0.2) is 24.4 Å². The first-order valence-electron chi connectivity index (χ1n) is 4.99. The second-order valence-corrected chi connectivity index (χ2v) is 3.38. The monoisotopic (exact) mass is 203 g/mol. The third-order valence-corrected chi connectivity index (χ3v) is 2.36. The maximum absolute atomic E-state index is 11.1. The van der Waals surface area contributed by atoms with Crippen molar-refractivity contribution in [2.45, 2.75) is 19.9 Å². The number of aromatic amines is 1. The number of hydrogen-bond donors (Lipinski definition) is 2. The highest BCUT2D eigenvalue weighted by Crippen LogP contribution is 2.14. The first-order chi connectivity index (χ1) is 7.31. The summed E-state index contributed by atoms with van der Waals surface area (Å²) < 4.78 is 0. The number of benzene rings is 1. The van der Waals surface area contributed by atoms with Gasteiger partial charge in [-0.15, -0.1) is 0 Å². The van der Waals surface area contributed by atoms with Crippen LogP contribution in [-0.2, 0) is 11.3 Å². The van der Waals surface area contributed by atoms with E-state index in [0.29, 0.717) is 13.0 Å². The van der Waals surface area contributed by atoms with E-state index >= 15 is 0 Å². The number of carbonyl (C=O) groups is 1. The van der Waals surface area contributed by atoms with Crippen molar-refractivity contribution < 1.29 is 4.79 Å². The van der Waals surface area contributed by atoms with Gasteiger partial charge < -0.3 is 5.32 Å². The fourth-order valence-corrected chi connectivity index (χ4v) is 1.50. The molecule has 0 unspecified atom stereocenters. The lowest BCUT2D eigenvalue weighted by Gasteiger charge is -2.04. The number of nitrogens with one attached hydrogen (secondary N) is 2. The predicted octanol–water partition coefficient (Wildman–Crippen LogP) is 1.59. The second-order valence-electron chi connectivity index (χ2n) is 3.38. The highest BCUT2D eigenvalue weighted by Gasteiger charge is 2.03. The Morgan fingerprint density at radius 1 is 1.53 bits per heavy atom. The molecule has 15 heavy (non-hydrogen) atoms. The lowest BCUT2D eigenvalue weighted by atomic mass is 10.1. The summed E-state index contributed by atoms with van der Waals surface area (Å²) in [5, 5.41) is 10.8. The summed E-state index contributed by atoms with van der Waals surface area (Å²) >= 11 is 0. The molecule has 0 fully saturated rings. The number of hydrogen-bond acceptors (Lipinski definition) is 2. The molecule has 1 aromatic heterocycles. The third kappa shape index (κ3) is 1.98. The number of rotatable bonds is 3. The summed E-state index contributed by atoms with van der Waals surface area (Å²) in [6, 6.07) is 5.94. The van der Waals surface area contributed by atoms with E-state index in [-0.39, 0.29) is 5.91 Å². The van der Waals surface area contributed by atoms with Gasteiger partial charge in [0.25, 0.3) is 0 Å². The van der Waals surface area contributed by atoms with Crippen LogP contribution in [0.25, 0.3) is 10.9 Å². The maximum atomic E-state index is 11.1. The van der Waals surface area contributed by atoms with Crippen LogP contribution in [0.5, 0.6) is 0 Å². The van der Waals surface area contributed by atoms with E-state index in [9.17, 15) is 4.79 Å². The first-order valence-corrected chi connectivity index (χ1v) is 4.99. The van der Waals surface area contributed by atoms with Crippen LogP contribution < -0.4 is 5.32 Å². The van der Waals surface area contributed by atoms with Gasteiger partial charge >= 0.3 is 0 Å². The van der Waals surface area contributed by atoms with Crippen molar-refractivity contribution in [1.29, 1.82) is 0 Å². The quantitative estimate of drug-likeness (QED) is 0.795. The first kappa shape index (κ1) is 9.71. The van der Waals surface area contributed by atoms with Gasteiger partial charge in [-0.1, -0.05) is 25.1 Å². The van der Waals surface area contributed by atoms with Crippen molar-refractivity contribution in [2.75, 3.05) is 0 Å². The lowest BCUT2D eigenvalue weighted by Crippen LogP contribution is -2.21. The molecule has 0 spiro atoms. The van der Waals surface area contributed by atoms with Crippen molar-refractivity contribution in [3.05, 3.63) is 30.0 Å². The number of carbonyl (C=O) groups excluding carboxylic acids is 1. The molecular formula is C11H13N3O. The van der Waals surface area contributed by atoms with Crippen LogP contribution >= 0.6 is 0 Å². The summed E-state index contributed by atoms with van der Waals surface area (Å²) in [6.45, 7) is 2.39. The van der Waals surface area contributed by atoms with Gasteiger partial charge in [0, 0.05) is 18.4 Å². The van der Waals surface area contributed by atoms with E-state index in [1.807, 2.05) is 25.1 Å². The summed E-state index contributed by atoms with van der Waals surface area (Å²) in [4.78, 5) is 11.1. The summed E-state index contributed by atoms with van der Waals surface area (Å²) in [5.74, 6) is 0.0616. The predicted molar refractivity (Wildman–Crippen MR) is 58.2 cm³/mol. The Bertz CT molecular complexity index is 475. The highest BCUT2D eigenvalue weighted by atomic mass is 16.1. The zero-order chi connectivity index (χ0) is 10.7. The Balaban J connectivity index is 2.20. The zero-order valence-electron chi connectivity index (χ0n) is 8.58. The van der Waals surface area contributed by atoms with Crippen LogP contribution in [0, 0.1) is 0 Å². The van der Waals surface area contributed by atoms with Gasteiger partial charge in [0.2, 0.25) is 5.91 Å². The van der Waals surface area contributed by atoms with E-state index in [1.54, 1.807) is 6.20 Å². The second kappa shape index (κ2) is 4.13. The molecule has 4 nitrogen and oxygen atoms in total. The summed E-state index contributed by atoms with van der Waals surface area (Å²) in [6.07, 6.45) is 2.29. The molecule has 2 rings (SSSR count). The van der Waals surface area contributed by atoms with Gasteiger partial charge in [0.1, 0.15) is 0 Å². The topological polar surface area (TPSA) is 57.8 Å². The van der Waals surface area contributed by atoms with Crippen LogP contribution in [-0.4, -0.2) is 16.1 Å². The average molecular weight is 203 g/mol. The molecule has 0 atom stereocenters. The minimum absolute atomic E-state index is 0.0616. The van der Waals surface area contributed by atoms with E-state index in [1.165, 1.54) is 0 Å². The Hall–Kier alpha value is -1.84. The van der Waals surface area contributed by atoms with Gasteiger partial charge in [0.05, 0.1) is 11.7 Å². The smallest absolute Gasteiger partial charge is 0.219 e. The van der Waals surface area contributed by atoms with Crippen molar-refractivity contribution in [2.24, 2.45) is 0 Å². The van der Waals surface area contributed by atoms with Crippen LogP contribution in [0.2, 0.25) is 0 Å². The molecule has 1 amide bonds. The normalized spacial score (nSPS) is 10.5. The van der Waals surface area contributed by atoms with E-state index in [0.717, 1.165) is 16.5 Å². The van der Waals surface area contributed by atoms with Gasteiger partial charge in [-0.05, 0) is 5.56 Å². The standard InChI is InChI=1S/C11H13N3O/c1-2-10(15)12-6-8-4-3-5-9-7-13-14-11(8)9/h3-5,7H,2,6H2,1H3,(H,12,15)(H,13,14). The van der Waals surface area contributed by atoms with Crippen molar-refractivity contribution in [1.82, 2.24) is 15.5 Å². The molecule has 1 aromatic carbocycles. The minimum Gasteiger partial charge on any atom is -0.352 e. The SMILES string of the molecule is CCC(=O)NCc1cccc2cn[nH]c12. The average Bonchev–Trinajstić information content (AvgIpc) is 2.74. The third-order valence-electron chi connectivity index (χ3n) is 2.36. The fourth-order valence-electron chi connectivity index (χ4n) is 1.50. The van der Waals surface area contributed by atoms with Gasteiger partial charge in [-0.2, -0.15) is 5.10 Å². The number of aromatic nitrogens is 2. The number of nitrogens with zero attached hydrogens (tertiary/aromatic N) is 1. The van der Waals surface area contributed by atoms with Crippen LogP contribution in [0.4, 0.5) is 0 Å². The highest BCUT2D eigenvalue weighted by molar-refractivity contribution is 5.82. The number of amides is 1. The molecule has 0 aliphatic carbocycles. The van der Waals surface area contributed by atoms with E-state index < -0.39 is 0 Å². The molecule has 2 aromatic rings. The maximum Gasteiger partial charge on any atom is 0.219 e. The number of para-hydroxylation sites is 1. The number of fused-ring (bicyclic) bond motifs is 1. The largest absolute Gasteiger partial charge is 0.352 e. The Labute approximate surface area is 87.7 Å². The molecule has 0 aliphatic rings. The fraction of sp³-hybridized carbons (Fsp3) is 0.273. The van der Waals surface area contributed by atoms with Crippen molar-refractivity contribution in [3.63, 3.8) is 0 Å². The lowest BCUT2D eigenvalue weighted by molar-refractivity contribution is -0.120. The molecule has 0 radical (unpaired) electrons. The molecule has 2 N–H and O–H groups in total. The Morgan fingerprint density at radius 2 is 2.40 bits per heavy atom. The Kier molecular flexibility index (Phi) is 2.67. The molecule has 0 saturated carbocycles. The molecule has 78 valence electrons. The zero-order valence-corrected chi connectivity index (χ0v) is 8.58. The molecule has 0 saturated heterocycles. The van der Waals surface area contributed by atoms with E-state index in [2.05, 4.69) is 15.5 Å². The van der Waals surface area contributed by atoms with E-state index in [4.69, 9.17) is 0 Å². The molecule has 1 heterocycles. The molecule has 0 aliphatic heterocycles. The molecule has 4 heteroatoms. The summed E-state index contributed by atoms with van der Waals surface area (Å²) in [5.41, 5.74) is 2.06. The van der Waals surface area contributed by atoms with Crippen molar-refractivity contribution >= 4 is 16.8 Å². The van der Waals surface area contributed by atoms with Gasteiger partial charge in [-0.25, -0.2) is 0 Å².